The van der Waals surface area contributed by atoms with Crippen LogP contribution in [0.15, 0.2) is 24.3 Å². The van der Waals surface area contributed by atoms with Crippen molar-refractivity contribution in [2.45, 2.75) is 65.7 Å². The summed E-state index contributed by atoms with van der Waals surface area (Å²) in [5.74, 6) is 0.609. The summed E-state index contributed by atoms with van der Waals surface area (Å²) in [5, 5.41) is 0. The van der Waals surface area contributed by atoms with Gasteiger partial charge in [-0.05, 0) is 30.9 Å². The Morgan fingerprint density at radius 1 is 0.913 bits per heavy atom. The number of benzene rings is 1. The molecule has 0 aliphatic rings. The smallest absolute Gasteiger partial charge is 0.311 e. The first-order chi connectivity index (χ1) is 11.0. The van der Waals surface area contributed by atoms with E-state index in [9.17, 15) is 9.59 Å². The van der Waals surface area contributed by atoms with Crippen LogP contribution in [0.2, 0.25) is 0 Å². The molecule has 0 radical (unpaired) electrons. The Hall–Kier alpha value is -1.84. The van der Waals surface area contributed by atoms with Gasteiger partial charge in [0.2, 0.25) is 0 Å². The van der Waals surface area contributed by atoms with Gasteiger partial charge < -0.3 is 9.47 Å². The number of hydrogen-bond acceptors (Lipinski definition) is 4. The lowest BCUT2D eigenvalue weighted by Gasteiger charge is -2.10. The Morgan fingerprint density at radius 2 is 1.43 bits per heavy atom. The molecule has 0 heterocycles. The molecule has 4 heteroatoms. The van der Waals surface area contributed by atoms with E-state index in [0.29, 0.717) is 30.3 Å². The van der Waals surface area contributed by atoms with Crippen LogP contribution in [0.25, 0.3) is 0 Å². The molecule has 0 bridgehead atoms. The maximum absolute atomic E-state index is 11.9. The minimum atomic E-state index is -0.292. The van der Waals surface area contributed by atoms with Gasteiger partial charge in [-0.1, -0.05) is 52.2 Å². The predicted molar refractivity (Wildman–Crippen MR) is 90.5 cm³/mol. The molecule has 0 amide bonds. The van der Waals surface area contributed by atoms with Gasteiger partial charge in [-0.25, -0.2) is 0 Å². The third-order valence-corrected chi connectivity index (χ3v) is 3.44. The van der Waals surface area contributed by atoms with Crippen molar-refractivity contribution in [2.24, 2.45) is 5.92 Å². The van der Waals surface area contributed by atoms with Gasteiger partial charge in [-0.2, -0.15) is 0 Å². The highest BCUT2D eigenvalue weighted by Gasteiger charge is 2.13. The van der Waals surface area contributed by atoms with Gasteiger partial charge in [0.1, 0.15) is 0 Å². The first-order valence-electron chi connectivity index (χ1n) is 8.53. The van der Waals surface area contributed by atoms with Crippen LogP contribution in [0.3, 0.4) is 0 Å². The van der Waals surface area contributed by atoms with Crippen molar-refractivity contribution in [1.82, 2.24) is 0 Å². The van der Waals surface area contributed by atoms with Crippen molar-refractivity contribution in [2.75, 3.05) is 0 Å². The zero-order valence-electron chi connectivity index (χ0n) is 14.5. The topological polar surface area (TPSA) is 52.6 Å². The van der Waals surface area contributed by atoms with Crippen molar-refractivity contribution in [3.63, 3.8) is 0 Å². The number of rotatable bonds is 10. The van der Waals surface area contributed by atoms with Crippen LogP contribution < -0.4 is 9.47 Å². The largest absolute Gasteiger partial charge is 0.423 e. The minimum Gasteiger partial charge on any atom is -0.423 e. The maximum atomic E-state index is 11.9. The fraction of sp³-hybridized carbons (Fsp3) is 0.579. The van der Waals surface area contributed by atoms with Crippen LogP contribution in [-0.2, 0) is 9.59 Å². The molecular weight excluding hydrogens is 292 g/mol. The van der Waals surface area contributed by atoms with Crippen LogP contribution in [0.1, 0.15) is 65.7 Å². The summed E-state index contributed by atoms with van der Waals surface area (Å²) in [4.78, 5) is 23.7. The molecule has 0 fully saturated rings. The Labute approximate surface area is 139 Å². The Balaban J connectivity index is 2.52. The summed E-state index contributed by atoms with van der Waals surface area (Å²) in [5.41, 5.74) is 0. The van der Waals surface area contributed by atoms with Gasteiger partial charge in [-0.15, -0.1) is 0 Å². The molecule has 0 saturated heterocycles. The van der Waals surface area contributed by atoms with E-state index < -0.39 is 0 Å². The highest BCUT2D eigenvalue weighted by atomic mass is 16.6. The van der Waals surface area contributed by atoms with Crippen molar-refractivity contribution in [3.8, 4) is 11.5 Å². The maximum Gasteiger partial charge on any atom is 0.311 e. The fourth-order valence-corrected chi connectivity index (χ4v) is 2.14. The van der Waals surface area contributed by atoms with Crippen molar-refractivity contribution >= 4 is 11.9 Å². The van der Waals surface area contributed by atoms with Gasteiger partial charge in [0.25, 0.3) is 0 Å². The van der Waals surface area contributed by atoms with Gasteiger partial charge in [0.05, 0.1) is 0 Å². The summed E-state index contributed by atoms with van der Waals surface area (Å²) < 4.78 is 10.7. The average molecular weight is 320 g/mol. The lowest BCUT2D eigenvalue weighted by Crippen LogP contribution is -2.12. The number of para-hydroxylation sites is 2. The number of ether oxygens (including phenoxy) is 2. The highest BCUT2D eigenvalue weighted by Crippen LogP contribution is 2.27. The Kier molecular flexibility index (Phi) is 9.03. The molecule has 1 aromatic carbocycles. The SMILES string of the molecule is CCCCCC(=O)Oc1ccccc1OC(=O)CCCC(C)C. The second-order valence-electron chi connectivity index (χ2n) is 6.14. The third-order valence-electron chi connectivity index (χ3n) is 3.44. The molecule has 0 aliphatic heterocycles. The van der Waals surface area contributed by atoms with E-state index in [1.807, 2.05) is 0 Å². The van der Waals surface area contributed by atoms with E-state index in [-0.39, 0.29) is 11.9 Å². The molecule has 1 rings (SSSR count). The first kappa shape index (κ1) is 19.2. The monoisotopic (exact) mass is 320 g/mol. The molecule has 0 N–H and O–H groups in total. The summed E-state index contributed by atoms with van der Waals surface area (Å²) >= 11 is 0. The molecular formula is C19H28O4. The van der Waals surface area contributed by atoms with E-state index in [2.05, 4.69) is 20.8 Å². The summed E-state index contributed by atoms with van der Waals surface area (Å²) in [6.07, 6.45) is 5.41. The molecule has 23 heavy (non-hydrogen) atoms. The van der Waals surface area contributed by atoms with E-state index in [1.54, 1.807) is 24.3 Å². The molecule has 0 unspecified atom stereocenters. The quantitative estimate of drug-likeness (QED) is 0.349. The standard InChI is InChI=1S/C19H28O4/c1-4-5-6-13-18(20)22-16-11-7-8-12-17(16)23-19(21)14-9-10-15(2)3/h7-8,11-12,15H,4-6,9-10,13-14H2,1-3H3. The molecule has 1 aromatic rings. The number of unbranched alkanes of at least 4 members (excludes halogenated alkanes) is 2. The molecule has 128 valence electrons. The van der Waals surface area contributed by atoms with Crippen molar-refractivity contribution in [3.05, 3.63) is 24.3 Å². The predicted octanol–water partition coefficient (Wildman–Crippen LogP) is 4.90. The third kappa shape index (κ3) is 8.38. The Morgan fingerprint density at radius 3 is 1.91 bits per heavy atom. The van der Waals surface area contributed by atoms with Gasteiger partial charge in [0.15, 0.2) is 11.5 Å². The average Bonchev–Trinajstić information content (AvgIpc) is 2.49. The summed E-state index contributed by atoms with van der Waals surface area (Å²) in [6.45, 7) is 6.33. The van der Waals surface area contributed by atoms with Crippen LogP contribution in [0, 0.1) is 5.92 Å². The normalized spacial score (nSPS) is 10.6. The minimum absolute atomic E-state index is 0.290. The lowest BCUT2D eigenvalue weighted by atomic mass is 10.1. The van der Waals surface area contributed by atoms with Crippen LogP contribution >= 0.6 is 0 Å². The zero-order valence-corrected chi connectivity index (χ0v) is 14.5. The van der Waals surface area contributed by atoms with E-state index in [1.165, 1.54) is 0 Å². The molecule has 0 aliphatic carbocycles. The summed E-state index contributed by atoms with van der Waals surface area (Å²) in [6, 6.07) is 6.80. The van der Waals surface area contributed by atoms with Crippen molar-refractivity contribution in [1.29, 1.82) is 0 Å². The number of carbonyl (C=O) groups is 2. The van der Waals surface area contributed by atoms with E-state index >= 15 is 0 Å². The second-order valence-corrected chi connectivity index (χ2v) is 6.14. The fourth-order valence-electron chi connectivity index (χ4n) is 2.14. The van der Waals surface area contributed by atoms with Gasteiger partial charge in [-0.3, -0.25) is 9.59 Å². The van der Waals surface area contributed by atoms with Gasteiger partial charge in [0, 0.05) is 12.8 Å². The first-order valence-corrected chi connectivity index (χ1v) is 8.53. The number of hydrogen-bond donors (Lipinski definition) is 0. The molecule has 0 spiro atoms. The molecule has 0 atom stereocenters. The molecule has 4 nitrogen and oxygen atoms in total. The van der Waals surface area contributed by atoms with Crippen LogP contribution in [0.5, 0.6) is 11.5 Å². The Bertz CT molecular complexity index is 494. The van der Waals surface area contributed by atoms with Crippen LogP contribution in [-0.4, -0.2) is 11.9 Å². The molecule has 0 saturated carbocycles. The second kappa shape index (κ2) is 10.8. The zero-order chi connectivity index (χ0) is 17.1. The number of esters is 2. The van der Waals surface area contributed by atoms with Crippen LogP contribution in [0.4, 0.5) is 0 Å². The van der Waals surface area contributed by atoms with E-state index in [0.717, 1.165) is 32.1 Å². The number of carbonyl (C=O) groups excluding carboxylic acids is 2. The molecule has 0 aromatic heterocycles. The van der Waals surface area contributed by atoms with E-state index in [4.69, 9.17) is 9.47 Å². The lowest BCUT2D eigenvalue weighted by molar-refractivity contribution is -0.137. The highest BCUT2D eigenvalue weighted by molar-refractivity contribution is 5.76. The van der Waals surface area contributed by atoms with Crippen molar-refractivity contribution < 1.29 is 19.1 Å². The summed E-state index contributed by atoms with van der Waals surface area (Å²) in [7, 11) is 0. The van der Waals surface area contributed by atoms with Gasteiger partial charge >= 0.3 is 11.9 Å².